The van der Waals surface area contributed by atoms with Gasteiger partial charge in [0.25, 0.3) is 0 Å². The van der Waals surface area contributed by atoms with Crippen LogP contribution < -0.4 is 10.6 Å². The van der Waals surface area contributed by atoms with E-state index in [0.717, 1.165) is 31.5 Å². The molecule has 1 aliphatic rings. The van der Waals surface area contributed by atoms with Crippen molar-refractivity contribution in [1.29, 1.82) is 0 Å². The molecule has 1 heterocycles. The molecule has 1 fully saturated rings. The molecule has 1 rings (SSSR count). The molecule has 5 heteroatoms. The minimum atomic E-state index is 0. The number of nitrogens with one attached hydrogen (secondary N) is 2. The molecule has 1 saturated heterocycles. The summed E-state index contributed by atoms with van der Waals surface area (Å²) in [4.78, 5) is 7.12. The van der Waals surface area contributed by atoms with Gasteiger partial charge in [-0.05, 0) is 52.2 Å². The molecule has 0 aromatic rings. The van der Waals surface area contributed by atoms with E-state index < -0.39 is 0 Å². The first-order valence-corrected chi connectivity index (χ1v) is 7.47. The van der Waals surface area contributed by atoms with Gasteiger partial charge < -0.3 is 15.5 Å². The average molecular weight is 382 g/mol. The highest BCUT2D eigenvalue weighted by Gasteiger charge is 2.16. The highest BCUT2D eigenvalue weighted by Crippen LogP contribution is 2.15. The molecule has 0 unspecified atom stereocenters. The molecule has 0 radical (unpaired) electrons. The van der Waals surface area contributed by atoms with Crippen molar-refractivity contribution < 1.29 is 0 Å². The summed E-state index contributed by atoms with van der Waals surface area (Å²) in [6.07, 6.45) is 5.00. The fraction of sp³-hybridized carbons (Fsp3) is 0.929. The second kappa shape index (κ2) is 11.8. The van der Waals surface area contributed by atoms with Crippen LogP contribution in [0, 0.1) is 5.92 Å². The summed E-state index contributed by atoms with van der Waals surface area (Å²) < 4.78 is 0. The average Bonchev–Trinajstić information content (AvgIpc) is 2.38. The lowest BCUT2D eigenvalue weighted by atomic mass is 9.97. The normalized spacial score (nSPS) is 17.9. The van der Waals surface area contributed by atoms with Gasteiger partial charge in [-0.3, -0.25) is 4.99 Å². The summed E-state index contributed by atoms with van der Waals surface area (Å²) in [7, 11) is 2.20. The van der Waals surface area contributed by atoms with E-state index in [1.54, 1.807) is 0 Å². The molecule has 0 aromatic carbocycles. The lowest BCUT2D eigenvalue weighted by Crippen LogP contribution is -2.38. The monoisotopic (exact) mass is 382 g/mol. The van der Waals surface area contributed by atoms with Crippen molar-refractivity contribution in [2.75, 3.05) is 39.8 Å². The minimum Gasteiger partial charge on any atom is -0.357 e. The van der Waals surface area contributed by atoms with Crippen molar-refractivity contribution in [3.8, 4) is 0 Å². The van der Waals surface area contributed by atoms with Crippen LogP contribution in [0.4, 0.5) is 0 Å². The van der Waals surface area contributed by atoms with Gasteiger partial charge in [-0.2, -0.15) is 0 Å². The van der Waals surface area contributed by atoms with E-state index in [-0.39, 0.29) is 24.0 Å². The lowest BCUT2D eigenvalue weighted by Gasteiger charge is -2.28. The van der Waals surface area contributed by atoms with Crippen LogP contribution in [0.2, 0.25) is 0 Å². The Hall–Kier alpha value is -0.0400. The van der Waals surface area contributed by atoms with Crippen molar-refractivity contribution in [2.24, 2.45) is 10.9 Å². The second-order valence-corrected chi connectivity index (χ2v) is 5.25. The summed E-state index contributed by atoms with van der Waals surface area (Å²) in [6.45, 7) is 9.70. The Bertz CT molecular complexity index is 238. The van der Waals surface area contributed by atoms with Crippen LogP contribution in [-0.4, -0.2) is 50.6 Å². The van der Waals surface area contributed by atoms with Crippen LogP contribution in [-0.2, 0) is 0 Å². The molecule has 0 spiro atoms. The van der Waals surface area contributed by atoms with Crippen molar-refractivity contribution in [3.05, 3.63) is 0 Å². The van der Waals surface area contributed by atoms with Gasteiger partial charge >= 0.3 is 0 Å². The van der Waals surface area contributed by atoms with Gasteiger partial charge in [0.1, 0.15) is 0 Å². The number of piperidine rings is 1. The Morgan fingerprint density at radius 2 is 1.89 bits per heavy atom. The minimum absolute atomic E-state index is 0. The number of hydrogen-bond acceptors (Lipinski definition) is 2. The molecule has 114 valence electrons. The smallest absolute Gasteiger partial charge is 0.191 e. The predicted octanol–water partition coefficient (Wildman–Crippen LogP) is 2.30. The zero-order chi connectivity index (χ0) is 13.2. The SMILES string of the molecule is CCCCNC(=NCC1CCN(C)CC1)NCC.I. The molecule has 0 atom stereocenters. The number of guanidine groups is 1. The van der Waals surface area contributed by atoms with E-state index in [9.17, 15) is 0 Å². The summed E-state index contributed by atoms with van der Waals surface area (Å²) >= 11 is 0. The van der Waals surface area contributed by atoms with Crippen LogP contribution in [0.3, 0.4) is 0 Å². The molecular weight excluding hydrogens is 351 g/mol. The van der Waals surface area contributed by atoms with Gasteiger partial charge in [0.15, 0.2) is 5.96 Å². The molecule has 0 amide bonds. The van der Waals surface area contributed by atoms with E-state index >= 15 is 0 Å². The third-order valence-electron chi connectivity index (χ3n) is 3.51. The molecular formula is C14H31IN4. The van der Waals surface area contributed by atoms with Crippen LogP contribution in [0.5, 0.6) is 0 Å². The van der Waals surface area contributed by atoms with E-state index in [0.29, 0.717) is 0 Å². The van der Waals surface area contributed by atoms with Crippen molar-refractivity contribution in [3.63, 3.8) is 0 Å². The molecule has 19 heavy (non-hydrogen) atoms. The van der Waals surface area contributed by atoms with Crippen molar-refractivity contribution >= 4 is 29.9 Å². The van der Waals surface area contributed by atoms with E-state index in [4.69, 9.17) is 4.99 Å². The molecule has 0 aliphatic carbocycles. The summed E-state index contributed by atoms with van der Waals surface area (Å²) in [5, 5.41) is 6.72. The number of likely N-dealkylation sites (tertiary alicyclic amines) is 1. The zero-order valence-electron chi connectivity index (χ0n) is 12.7. The fourth-order valence-corrected chi connectivity index (χ4v) is 2.19. The number of aliphatic imine (C=N–C) groups is 1. The first-order valence-electron chi connectivity index (χ1n) is 7.47. The highest BCUT2D eigenvalue weighted by molar-refractivity contribution is 14.0. The third kappa shape index (κ3) is 8.68. The van der Waals surface area contributed by atoms with Gasteiger partial charge in [-0.25, -0.2) is 0 Å². The standard InChI is InChI=1S/C14H30N4.HI/c1-4-6-9-16-14(15-5-2)17-12-13-7-10-18(3)11-8-13;/h13H,4-12H2,1-3H3,(H2,15,16,17);1H. The van der Waals surface area contributed by atoms with E-state index in [1.165, 1.54) is 38.8 Å². The molecule has 4 nitrogen and oxygen atoms in total. The van der Waals surface area contributed by atoms with Crippen molar-refractivity contribution in [2.45, 2.75) is 39.5 Å². The first kappa shape index (κ1) is 19.0. The molecule has 2 N–H and O–H groups in total. The lowest BCUT2D eigenvalue weighted by molar-refractivity contribution is 0.223. The van der Waals surface area contributed by atoms with Gasteiger partial charge in [0.2, 0.25) is 0 Å². The third-order valence-corrected chi connectivity index (χ3v) is 3.51. The first-order chi connectivity index (χ1) is 8.76. The summed E-state index contributed by atoms with van der Waals surface area (Å²) in [5.74, 6) is 1.76. The molecule has 0 aromatic heterocycles. The summed E-state index contributed by atoms with van der Waals surface area (Å²) in [5.41, 5.74) is 0. The number of hydrogen-bond donors (Lipinski definition) is 2. The predicted molar refractivity (Wildman–Crippen MR) is 94.5 cm³/mol. The maximum absolute atomic E-state index is 4.71. The Labute approximate surface area is 135 Å². The topological polar surface area (TPSA) is 39.7 Å². The van der Waals surface area contributed by atoms with Gasteiger partial charge in [-0.1, -0.05) is 13.3 Å². The maximum atomic E-state index is 4.71. The van der Waals surface area contributed by atoms with Crippen LogP contribution >= 0.6 is 24.0 Å². The molecule has 1 aliphatic heterocycles. The summed E-state index contributed by atoms with van der Waals surface area (Å²) in [6, 6.07) is 0. The van der Waals surface area contributed by atoms with E-state index in [1.807, 2.05) is 0 Å². The number of rotatable bonds is 6. The van der Waals surface area contributed by atoms with Crippen molar-refractivity contribution in [1.82, 2.24) is 15.5 Å². The van der Waals surface area contributed by atoms with Crippen LogP contribution in [0.1, 0.15) is 39.5 Å². The van der Waals surface area contributed by atoms with E-state index in [2.05, 4.69) is 36.4 Å². The van der Waals surface area contributed by atoms with Crippen LogP contribution in [0.25, 0.3) is 0 Å². The highest BCUT2D eigenvalue weighted by atomic mass is 127. The largest absolute Gasteiger partial charge is 0.357 e. The van der Waals surface area contributed by atoms with Gasteiger partial charge in [0.05, 0.1) is 0 Å². The van der Waals surface area contributed by atoms with Gasteiger partial charge in [0, 0.05) is 19.6 Å². The second-order valence-electron chi connectivity index (χ2n) is 5.25. The molecule has 0 saturated carbocycles. The Morgan fingerprint density at radius 3 is 2.47 bits per heavy atom. The maximum Gasteiger partial charge on any atom is 0.191 e. The number of halogens is 1. The Balaban J connectivity index is 0.00000324. The fourth-order valence-electron chi connectivity index (χ4n) is 2.19. The zero-order valence-corrected chi connectivity index (χ0v) is 15.1. The van der Waals surface area contributed by atoms with Crippen LogP contribution in [0.15, 0.2) is 4.99 Å². The molecule has 0 bridgehead atoms. The Kier molecular flexibility index (Phi) is 11.7. The Morgan fingerprint density at radius 1 is 1.21 bits per heavy atom. The van der Waals surface area contributed by atoms with Gasteiger partial charge in [-0.15, -0.1) is 24.0 Å². The number of nitrogens with zero attached hydrogens (tertiary/aromatic N) is 2. The quantitative estimate of drug-likeness (QED) is 0.321. The number of unbranched alkanes of at least 4 members (excludes halogenated alkanes) is 1.